The summed E-state index contributed by atoms with van der Waals surface area (Å²) >= 11 is 0. The van der Waals surface area contributed by atoms with Crippen LogP contribution in [0.15, 0.2) is 59.8 Å². The van der Waals surface area contributed by atoms with E-state index in [4.69, 9.17) is 4.74 Å². The fourth-order valence-electron chi connectivity index (χ4n) is 3.81. The fourth-order valence-corrected chi connectivity index (χ4v) is 3.81. The molecule has 2 aromatic carbocycles. The molecule has 174 valence electrons. The van der Waals surface area contributed by atoms with E-state index in [1.807, 2.05) is 38.1 Å². The van der Waals surface area contributed by atoms with Gasteiger partial charge in [-0.3, -0.25) is 4.90 Å². The fraction of sp³-hybridized carbons (Fsp3) is 0.320. The van der Waals surface area contributed by atoms with Crippen LogP contribution in [0.2, 0.25) is 0 Å². The van der Waals surface area contributed by atoms with E-state index in [1.165, 1.54) is 0 Å². The summed E-state index contributed by atoms with van der Waals surface area (Å²) in [5.41, 5.74) is 3.86. The highest BCUT2D eigenvalue weighted by molar-refractivity contribution is 6.00. The number of nitrogens with zero attached hydrogens (tertiary/aromatic N) is 1. The molecule has 8 nitrogen and oxygen atoms in total. The van der Waals surface area contributed by atoms with Gasteiger partial charge in [0.25, 0.3) is 0 Å². The number of rotatable bonds is 7. The molecular weight excluding hydrogens is 420 g/mol. The van der Waals surface area contributed by atoms with Crippen molar-refractivity contribution in [3.05, 3.63) is 70.9 Å². The van der Waals surface area contributed by atoms with Gasteiger partial charge in [0.15, 0.2) is 0 Å². The van der Waals surface area contributed by atoms with Crippen molar-refractivity contribution in [1.82, 2.24) is 10.2 Å². The maximum Gasteiger partial charge on any atom is 0.338 e. The average molecular weight is 451 g/mol. The normalized spacial score (nSPS) is 15.7. The van der Waals surface area contributed by atoms with Crippen molar-refractivity contribution in [2.75, 3.05) is 23.8 Å². The summed E-state index contributed by atoms with van der Waals surface area (Å²) in [5, 5.41) is 8.52. The highest BCUT2D eigenvalue weighted by atomic mass is 16.5. The second-order valence-corrected chi connectivity index (χ2v) is 7.83. The van der Waals surface area contributed by atoms with Crippen molar-refractivity contribution >= 4 is 29.4 Å². The van der Waals surface area contributed by atoms with E-state index < -0.39 is 18.0 Å². The molecule has 4 amide bonds. The van der Waals surface area contributed by atoms with Crippen molar-refractivity contribution in [1.29, 1.82) is 0 Å². The zero-order valence-electron chi connectivity index (χ0n) is 19.4. The van der Waals surface area contributed by atoms with Crippen LogP contribution in [0.3, 0.4) is 0 Å². The molecule has 0 saturated carbocycles. The number of amides is 4. The van der Waals surface area contributed by atoms with Crippen molar-refractivity contribution in [3.8, 4) is 0 Å². The number of carbonyl (C=O) groups excluding carboxylic acids is 3. The number of carbonyl (C=O) groups is 3. The summed E-state index contributed by atoms with van der Waals surface area (Å²) in [5.74, 6) is -0.475. The summed E-state index contributed by atoms with van der Waals surface area (Å²) < 4.78 is 5.28. The first-order valence-electron chi connectivity index (χ1n) is 11.0. The molecule has 3 rings (SSSR count). The number of ether oxygens (including phenoxy) is 1. The predicted octanol–water partition coefficient (Wildman–Crippen LogP) is 4.95. The maximum atomic E-state index is 12.8. The number of anilines is 2. The van der Waals surface area contributed by atoms with E-state index in [-0.39, 0.29) is 12.6 Å². The number of aryl methyl sites for hydroxylation is 1. The molecule has 1 heterocycles. The van der Waals surface area contributed by atoms with Crippen LogP contribution in [0.4, 0.5) is 21.0 Å². The van der Waals surface area contributed by atoms with Gasteiger partial charge in [0.2, 0.25) is 0 Å². The van der Waals surface area contributed by atoms with Crippen LogP contribution in [0.5, 0.6) is 0 Å². The minimum atomic E-state index is -0.689. The van der Waals surface area contributed by atoms with Gasteiger partial charge < -0.3 is 20.7 Å². The number of hydrogen-bond donors (Lipinski definition) is 3. The Morgan fingerprint density at radius 3 is 2.33 bits per heavy atom. The number of allylic oxidation sites excluding steroid dienone is 1. The van der Waals surface area contributed by atoms with Crippen molar-refractivity contribution in [2.45, 2.75) is 40.2 Å². The number of nitrogens with one attached hydrogen (secondary N) is 3. The van der Waals surface area contributed by atoms with E-state index in [2.05, 4.69) is 16.0 Å². The molecule has 0 radical (unpaired) electrons. The summed E-state index contributed by atoms with van der Waals surface area (Å²) in [6.45, 7) is 8.13. The zero-order valence-corrected chi connectivity index (χ0v) is 19.4. The Morgan fingerprint density at radius 1 is 1.03 bits per heavy atom. The van der Waals surface area contributed by atoms with E-state index >= 15 is 0 Å². The first kappa shape index (κ1) is 23.8. The Bertz CT molecular complexity index is 1080. The minimum absolute atomic E-state index is 0.227. The third kappa shape index (κ3) is 5.71. The molecule has 1 aliphatic rings. The number of esters is 1. The zero-order chi connectivity index (χ0) is 24.0. The van der Waals surface area contributed by atoms with Crippen LogP contribution < -0.4 is 16.0 Å². The summed E-state index contributed by atoms with van der Waals surface area (Å²) in [6.07, 6.45) is 0.751. The van der Waals surface area contributed by atoms with Gasteiger partial charge in [-0.05, 0) is 62.6 Å². The Hall–Kier alpha value is -3.81. The highest BCUT2D eigenvalue weighted by Gasteiger charge is 2.36. The van der Waals surface area contributed by atoms with Gasteiger partial charge in [0, 0.05) is 23.6 Å². The molecular formula is C25H30N4O4. The second kappa shape index (κ2) is 10.7. The molecule has 1 unspecified atom stereocenters. The molecule has 0 spiro atoms. The minimum Gasteiger partial charge on any atom is -0.463 e. The van der Waals surface area contributed by atoms with Gasteiger partial charge in [-0.25, -0.2) is 14.4 Å². The van der Waals surface area contributed by atoms with Gasteiger partial charge in [0.05, 0.1) is 18.2 Å². The predicted molar refractivity (Wildman–Crippen MR) is 128 cm³/mol. The van der Waals surface area contributed by atoms with Crippen LogP contribution in [-0.2, 0) is 9.53 Å². The Kier molecular flexibility index (Phi) is 7.71. The molecule has 0 aromatic heterocycles. The lowest BCUT2D eigenvalue weighted by atomic mass is 9.94. The topological polar surface area (TPSA) is 99.8 Å². The summed E-state index contributed by atoms with van der Waals surface area (Å²) in [6, 6.07) is 13.2. The molecule has 0 saturated heterocycles. The van der Waals surface area contributed by atoms with Crippen molar-refractivity contribution in [3.63, 3.8) is 0 Å². The average Bonchev–Trinajstić information content (AvgIpc) is 2.76. The lowest BCUT2D eigenvalue weighted by molar-refractivity contribution is -0.139. The van der Waals surface area contributed by atoms with Crippen molar-refractivity contribution in [2.24, 2.45) is 0 Å². The van der Waals surface area contributed by atoms with Gasteiger partial charge in [-0.15, -0.1) is 0 Å². The molecule has 0 aliphatic carbocycles. The first-order valence-corrected chi connectivity index (χ1v) is 11.0. The quantitative estimate of drug-likeness (QED) is 0.520. The molecule has 33 heavy (non-hydrogen) atoms. The van der Waals surface area contributed by atoms with Gasteiger partial charge in [-0.2, -0.15) is 0 Å². The molecule has 2 aromatic rings. The Labute approximate surface area is 194 Å². The van der Waals surface area contributed by atoms with Crippen LogP contribution >= 0.6 is 0 Å². The summed E-state index contributed by atoms with van der Waals surface area (Å²) in [7, 11) is 0. The second-order valence-electron chi connectivity index (χ2n) is 7.83. The largest absolute Gasteiger partial charge is 0.463 e. The van der Waals surface area contributed by atoms with Crippen LogP contribution in [0.25, 0.3) is 0 Å². The lowest BCUT2D eigenvalue weighted by Gasteiger charge is -2.35. The van der Waals surface area contributed by atoms with Crippen molar-refractivity contribution < 1.29 is 19.1 Å². The van der Waals surface area contributed by atoms with Crippen LogP contribution in [0, 0.1) is 6.92 Å². The SMILES string of the molecule is CCCN1C(=O)NC(c2cccc(NC(=O)Nc3cccc(C)c3)c2)C(C(=O)OCC)=C1C. The van der Waals surface area contributed by atoms with Crippen LogP contribution in [0.1, 0.15) is 44.4 Å². The molecule has 0 fully saturated rings. The number of hydrogen-bond acceptors (Lipinski definition) is 4. The van der Waals surface area contributed by atoms with Crippen LogP contribution in [-0.4, -0.2) is 36.1 Å². The van der Waals surface area contributed by atoms with Gasteiger partial charge in [0.1, 0.15) is 0 Å². The summed E-state index contributed by atoms with van der Waals surface area (Å²) in [4.78, 5) is 39.6. The van der Waals surface area contributed by atoms with Gasteiger partial charge >= 0.3 is 18.0 Å². The Morgan fingerprint density at radius 2 is 1.70 bits per heavy atom. The monoisotopic (exact) mass is 450 g/mol. The lowest BCUT2D eigenvalue weighted by Crippen LogP contribution is -2.48. The molecule has 1 aliphatic heterocycles. The smallest absolute Gasteiger partial charge is 0.338 e. The third-order valence-corrected chi connectivity index (χ3v) is 5.29. The van der Waals surface area contributed by atoms with Gasteiger partial charge in [-0.1, -0.05) is 31.2 Å². The van der Waals surface area contributed by atoms with E-state index in [1.54, 1.807) is 43.0 Å². The first-order chi connectivity index (χ1) is 15.8. The number of benzene rings is 2. The third-order valence-electron chi connectivity index (χ3n) is 5.29. The highest BCUT2D eigenvalue weighted by Crippen LogP contribution is 2.32. The maximum absolute atomic E-state index is 12.8. The van der Waals surface area contributed by atoms with E-state index in [0.717, 1.165) is 12.0 Å². The van der Waals surface area contributed by atoms with E-state index in [0.29, 0.717) is 34.8 Å². The van der Waals surface area contributed by atoms with E-state index in [9.17, 15) is 14.4 Å². The number of urea groups is 2. The molecule has 0 bridgehead atoms. The Balaban J connectivity index is 1.86. The molecule has 1 atom stereocenters. The molecule has 8 heteroatoms. The standard InChI is InChI=1S/C25H30N4O4/c1-5-13-29-17(4)21(23(30)33-6-2)22(28-25(29)32)18-10-8-12-20(15-18)27-24(31)26-19-11-7-9-16(3)14-19/h7-12,14-15,22H,5-6,13H2,1-4H3,(H,28,32)(H2,26,27,31). The molecule has 3 N–H and O–H groups in total.